The first kappa shape index (κ1) is 18.9. The van der Waals surface area contributed by atoms with Crippen molar-refractivity contribution in [3.05, 3.63) is 84.4 Å². The molecule has 2 aromatic heterocycles. The van der Waals surface area contributed by atoms with Gasteiger partial charge in [-0.15, -0.1) is 0 Å². The molecule has 0 fully saturated rings. The Balaban J connectivity index is 1.47. The minimum absolute atomic E-state index is 0.0910. The number of para-hydroxylation sites is 2. The first-order chi connectivity index (χ1) is 15.1. The normalized spacial score (nSPS) is 15.3. The number of fused-ring (bicyclic) bond motifs is 3. The van der Waals surface area contributed by atoms with Gasteiger partial charge in [0.05, 0.1) is 24.0 Å². The van der Waals surface area contributed by atoms with Gasteiger partial charge < -0.3 is 5.32 Å². The highest BCUT2D eigenvalue weighted by atomic mass is 19.1. The van der Waals surface area contributed by atoms with Gasteiger partial charge in [-0.1, -0.05) is 24.3 Å². The van der Waals surface area contributed by atoms with Crippen LogP contribution in [0.2, 0.25) is 0 Å². The number of pyridine rings is 1. The molecule has 154 valence electrons. The van der Waals surface area contributed by atoms with Gasteiger partial charge in [-0.2, -0.15) is 0 Å². The van der Waals surface area contributed by atoms with Crippen LogP contribution in [0.15, 0.2) is 73.1 Å². The molecule has 0 aliphatic carbocycles. The van der Waals surface area contributed by atoms with Crippen LogP contribution >= 0.6 is 0 Å². The number of halogens is 1. The number of hydrogen-bond acceptors (Lipinski definition) is 4. The zero-order valence-electron chi connectivity index (χ0n) is 16.4. The number of hydrogen-bond donors (Lipinski definition) is 1. The van der Waals surface area contributed by atoms with Crippen LogP contribution in [0.3, 0.4) is 0 Å². The van der Waals surface area contributed by atoms with Crippen molar-refractivity contribution < 1.29 is 14.0 Å². The fourth-order valence-corrected chi connectivity index (χ4v) is 3.87. The van der Waals surface area contributed by atoms with Crippen molar-refractivity contribution in [3.63, 3.8) is 0 Å². The molecule has 1 atom stereocenters. The summed E-state index contributed by atoms with van der Waals surface area (Å²) in [6.45, 7) is 0.304. The second kappa shape index (κ2) is 7.64. The molecule has 0 radical (unpaired) electrons. The van der Waals surface area contributed by atoms with E-state index < -0.39 is 11.9 Å². The highest BCUT2D eigenvalue weighted by Gasteiger charge is 2.40. The molecule has 5 rings (SSSR count). The third kappa shape index (κ3) is 3.52. The van der Waals surface area contributed by atoms with Crippen LogP contribution in [-0.2, 0) is 16.1 Å². The quantitative estimate of drug-likeness (QED) is 0.539. The molecule has 2 amide bonds. The Morgan fingerprint density at radius 2 is 1.97 bits per heavy atom. The summed E-state index contributed by atoms with van der Waals surface area (Å²) in [6, 6.07) is 16.1. The molecule has 1 unspecified atom stereocenters. The third-order valence-electron chi connectivity index (χ3n) is 5.23. The number of benzene rings is 2. The van der Waals surface area contributed by atoms with Crippen LogP contribution in [0.25, 0.3) is 11.0 Å². The average molecular weight is 415 g/mol. The molecule has 31 heavy (non-hydrogen) atoms. The van der Waals surface area contributed by atoms with Gasteiger partial charge in [0.25, 0.3) is 5.91 Å². The van der Waals surface area contributed by atoms with Gasteiger partial charge in [0.2, 0.25) is 11.9 Å². The molecular formula is C23H18FN5O2. The van der Waals surface area contributed by atoms with Crippen molar-refractivity contribution in [2.45, 2.75) is 19.0 Å². The summed E-state index contributed by atoms with van der Waals surface area (Å²) in [5.74, 6) is -0.540. The van der Waals surface area contributed by atoms with Crippen molar-refractivity contribution in [1.29, 1.82) is 0 Å². The van der Waals surface area contributed by atoms with Gasteiger partial charge in [0, 0.05) is 18.1 Å². The molecule has 4 aromatic rings. The first-order valence-electron chi connectivity index (χ1n) is 9.83. The van der Waals surface area contributed by atoms with Crippen LogP contribution in [0.5, 0.6) is 0 Å². The van der Waals surface area contributed by atoms with Gasteiger partial charge in [-0.05, 0) is 42.0 Å². The van der Waals surface area contributed by atoms with E-state index in [1.54, 1.807) is 27.9 Å². The molecule has 3 heterocycles. The molecule has 8 heteroatoms. The minimum atomic E-state index is -0.743. The monoisotopic (exact) mass is 415 g/mol. The lowest BCUT2D eigenvalue weighted by Crippen LogP contribution is -2.31. The largest absolute Gasteiger partial charge is 0.326 e. The fraction of sp³-hybridized carbons (Fsp3) is 0.130. The summed E-state index contributed by atoms with van der Waals surface area (Å²) in [4.78, 5) is 36.4. The van der Waals surface area contributed by atoms with Crippen molar-refractivity contribution in [2.24, 2.45) is 0 Å². The molecule has 0 saturated heterocycles. The lowest BCUT2D eigenvalue weighted by atomic mass is 10.1. The maximum absolute atomic E-state index is 13.4. The Labute approximate surface area is 177 Å². The molecule has 1 aliphatic rings. The maximum Gasteiger partial charge on any atom is 0.253 e. The van der Waals surface area contributed by atoms with E-state index in [1.165, 1.54) is 18.2 Å². The van der Waals surface area contributed by atoms with Crippen molar-refractivity contribution in [2.75, 3.05) is 10.2 Å². The maximum atomic E-state index is 13.4. The van der Waals surface area contributed by atoms with Crippen LogP contribution < -0.4 is 10.2 Å². The molecular weight excluding hydrogens is 397 g/mol. The Hall–Kier alpha value is -4.07. The molecule has 7 nitrogen and oxygen atoms in total. The molecule has 0 spiro atoms. The Morgan fingerprint density at radius 3 is 2.77 bits per heavy atom. The number of nitrogens with one attached hydrogen (secondary N) is 1. The van der Waals surface area contributed by atoms with E-state index in [-0.39, 0.29) is 18.2 Å². The van der Waals surface area contributed by atoms with Crippen molar-refractivity contribution in [3.8, 4) is 0 Å². The molecule has 0 bridgehead atoms. The Bertz CT molecular complexity index is 1290. The topological polar surface area (TPSA) is 80.1 Å². The first-order valence-corrected chi connectivity index (χ1v) is 9.83. The van der Waals surface area contributed by atoms with Crippen LogP contribution in [-0.4, -0.2) is 26.3 Å². The van der Waals surface area contributed by atoms with Crippen LogP contribution in [0, 0.1) is 5.82 Å². The molecule has 1 aliphatic heterocycles. The lowest BCUT2D eigenvalue weighted by molar-refractivity contribution is -0.124. The highest BCUT2D eigenvalue weighted by molar-refractivity contribution is 6.05. The molecule has 1 N–H and O–H groups in total. The summed E-state index contributed by atoms with van der Waals surface area (Å²) in [6.07, 6.45) is 3.28. The predicted octanol–water partition coefficient (Wildman–Crippen LogP) is 3.69. The Morgan fingerprint density at radius 1 is 1.10 bits per heavy atom. The summed E-state index contributed by atoms with van der Waals surface area (Å²) in [7, 11) is 0. The molecule has 2 aromatic carbocycles. The SMILES string of the molecule is O=C(CC1C(=O)N(Cc2cccnc2)c2nc3ccccc3n21)Nc1cccc(F)c1. The van der Waals surface area contributed by atoms with E-state index in [0.717, 1.165) is 16.6 Å². The minimum Gasteiger partial charge on any atom is -0.326 e. The number of rotatable bonds is 5. The lowest BCUT2D eigenvalue weighted by Gasteiger charge is -2.16. The zero-order chi connectivity index (χ0) is 21.4. The standard InChI is InChI=1S/C23H18FN5O2/c24-16-6-3-7-17(11-16)26-21(30)12-20-22(31)28(14-15-5-4-10-25-13-15)23-27-18-8-1-2-9-19(18)29(20)23/h1-11,13,20H,12,14H2,(H,26,30). The summed E-state index contributed by atoms with van der Waals surface area (Å²) in [5.41, 5.74) is 2.73. The van der Waals surface area contributed by atoms with Gasteiger partial charge >= 0.3 is 0 Å². The summed E-state index contributed by atoms with van der Waals surface area (Å²) < 4.78 is 15.2. The number of imidazole rings is 1. The highest BCUT2D eigenvalue weighted by Crippen LogP contribution is 2.37. The van der Waals surface area contributed by atoms with Gasteiger partial charge in [-0.3, -0.25) is 24.0 Å². The fourth-order valence-electron chi connectivity index (χ4n) is 3.87. The van der Waals surface area contributed by atoms with Crippen molar-refractivity contribution in [1.82, 2.24) is 14.5 Å². The van der Waals surface area contributed by atoms with E-state index in [1.807, 2.05) is 36.4 Å². The zero-order valence-corrected chi connectivity index (χ0v) is 16.4. The van der Waals surface area contributed by atoms with E-state index in [4.69, 9.17) is 0 Å². The molecule has 0 saturated carbocycles. The number of aromatic nitrogens is 3. The second-order valence-electron chi connectivity index (χ2n) is 7.33. The predicted molar refractivity (Wildman–Crippen MR) is 114 cm³/mol. The number of carbonyl (C=O) groups excluding carboxylic acids is 2. The van der Waals surface area contributed by atoms with E-state index >= 15 is 0 Å². The summed E-state index contributed by atoms with van der Waals surface area (Å²) in [5, 5.41) is 2.67. The number of anilines is 2. The third-order valence-corrected chi connectivity index (χ3v) is 5.23. The van der Waals surface area contributed by atoms with Gasteiger partial charge in [0.1, 0.15) is 11.9 Å². The second-order valence-corrected chi connectivity index (χ2v) is 7.33. The average Bonchev–Trinajstić information content (AvgIpc) is 3.25. The Kier molecular flexibility index (Phi) is 4.66. The number of nitrogens with zero attached hydrogens (tertiary/aromatic N) is 4. The van der Waals surface area contributed by atoms with Gasteiger partial charge in [0.15, 0.2) is 0 Å². The van der Waals surface area contributed by atoms with Crippen LogP contribution in [0.1, 0.15) is 18.0 Å². The number of amides is 2. The number of carbonyl (C=O) groups is 2. The smallest absolute Gasteiger partial charge is 0.253 e. The van der Waals surface area contributed by atoms with Gasteiger partial charge in [-0.25, -0.2) is 9.37 Å². The summed E-state index contributed by atoms with van der Waals surface area (Å²) >= 11 is 0. The van der Waals surface area contributed by atoms with E-state index in [2.05, 4.69) is 15.3 Å². The van der Waals surface area contributed by atoms with Crippen LogP contribution in [0.4, 0.5) is 16.0 Å². The van der Waals surface area contributed by atoms with E-state index in [0.29, 0.717) is 18.2 Å². The van der Waals surface area contributed by atoms with E-state index in [9.17, 15) is 14.0 Å². The van der Waals surface area contributed by atoms with Crippen molar-refractivity contribution >= 4 is 34.5 Å².